The van der Waals surface area contributed by atoms with Gasteiger partial charge in [0.15, 0.2) is 0 Å². The molecule has 0 unspecified atom stereocenters. The molecule has 0 saturated carbocycles. The van der Waals surface area contributed by atoms with Gasteiger partial charge < -0.3 is 10.1 Å². The molecular weight excluding hydrogens is 142 g/mol. The van der Waals surface area contributed by atoms with Gasteiger partial charge in [0.25, 0.3) is 0 Å². The molecule has 3 nitrogen and oxygen atoms in total. The average molecular weight is 157 g/mol. The van der Waals surface area contributed by atoms with Crippen molar-refractivity contribution in [2.45, 2.75) is 19.3 Å². The molecule has 11 heavy (non-hydrogen) atoms. The number of methoxy groups -OCH3 is 1. The maximum absolute atomic E-state index is 11.2. The van der Waals surface area contributed by atoms with Crippen molar-refractivity contribution in [3.63, 3.8) is 0 Å². The standard InChI is InChI=1S/C8H15NO2/c1-11-6-7-4-2-3-5-9-8(7)10/h7H,2-6H2,1H3,(H,9,10)/t7-/m0/s1. The summed E-state index contributed by atoms with van der Waals surface area (Å²) in [7, 11) is 1.64. The van der Waals surface area contributed by atoms with Crippen molar-refractivity contribution in [1.29, 1.82) is 0 Å². The van der Waals surface area contributed by atoms with E-state index in [1.54, 1.807) is 7.11 Å². The van der Waals surface area contributed by atoms with Crippen molar-refractivity contribution in [3.8, 4) is 0 Å². The van der Waals surface area contributed by atoms with Crippen LogP contribution in [-0.2, 0) is 9.53 Å². The fourth-order valence-electron chi connectivity index (χ4n) is 1.36. The Kier molecular flexibility index (Phi) is 3.36. The van der Waals surface area contributed by atoms with Crippen LogP contribution in [0.3, 0.4) is 0 Å². The lowest BCUT2D eigenvalue weighted by molar-refractivity contribution is -0.126. The van der Waals surface area contributed by atoms with Gasteiger partial charge in [-0.05, 0) is 12.8 Å². The van der Waals surface area contributed by atoms with Crippen LogP contribution in [0, 0.1) is 5.92 Å². The van der Waals surface area contributed by atoms with E-state index in [9.17, 15) is 4.79 Å². The maximum atomic E-state index is 11.2. The van der Waals surface area contributed by atoms with Crippen LogP contribution >= 0.6 is 0 Å². The molecule has 1 saturated heterocycles. The van der Waals surface area contributed by atoms with Gasteiger partial charge in [-0.2, -0.15) is 0 Å². The van der Waals surface area contributed by atoms with E-state index in [2.05, 4.69) is 5.32 Å². The number of hydrogen-bond acceptors (Lipinski definition) is 2. The molecule has 1 aliphatic rings. The number of carbonyl (C=O) groups is 1. The van der Waals surface area contributed by atoms with Gasteiger partial charge in [-0.15, -0.1) is 0 Å². The normalized spacial score (nSPS) is 25.9. The van der Waals surface area contributed by atoms with E-state index in [-0.39, 0.29) is 11.8 Å². The highest BCUT2D eigenvalue weighted by atomic mass is 16.5. The van der Waals surface area contributed by atoms with Gasteiger partial charge >= 0.3 is 0 Å². The second-order valence-corrected chi connectivity index (χ2v) is 2.94. The lowest BCUT2D eigenvalue weighted by Crippen LogP contribution is -2.31. The Bertz CT molecular complexity index is 136. The van der Waals surface area contributed by atoms with Crippen LogP contribution in [0.25, 0.3) is 0 Å². The molecule has 0 bridgehead atoms. The van der Waals surface area contributed by atoms with E-state index in [1.807, 2.05) is 0 Å². The van der Waals surface area contributed by atoms with E-state index in [4.69, 9.17) is 4.74 Å². The van der Waals surface area contributed by atoms with Gasteiger partial charge in [0, 0.05) is 13.7 Å². The summed E-state index contributed by atoms with van der Waals surface area (Å²) in [6, 6.07) is 0. The van der Waals surface area contributed by atoms with Crippen LogP contribution in [-0.4, -0.2) is 26.2 Å². The van der Waals surface area contributed by atoms with E-state index < -0.39 is 0 Å². The Hall–Kier alpha value is -0.570. The zero-order valence-electron chi connectivity index (χ0n) is 6.93. The van der Waals surface area contributed by atoms with Crippen LogP contribution in [0.15, 0.2) is 0 Å². The average Bonchev–Trinajstić information content (AvgIpc) is 2.18. The van der Waals surface area contributed by atoms with Gasteiger partial charge in [0.1, 0.15) is 0 Å². The highest BCUT2D eigenvalue weighted by Crippen LogP contribution is 2.11. The van der Waals surface area contributed by atoms with Crippen LogP contribution in [0.4, 0.5) is 0 Å². The summed E-state index contributed by atoms with van der Waals surface area (Å²) in [6.07, 6.45) is 3.21. The molecular formula is C8H15NO2. The first-order valence-electron chi connectivity index (χ1n) is 4.11. The third-order valence-electron chi connectivity index (χ3n) is 2.02. The first-order chi connectivity index (χ1) is 5.34. The van der Waals surface area contributed by atoms with Crippen LogP contribution < -0.4 is 5.32 Å². The van der Waals surface area contributed by atoms with Crippen LogP contribution in [0.5, 0.6) is 0 Å². The maximum Gasteiger partial charge on any atom is 0.225 e. The zero-order chi connectivity index (χ0) is 8.10. The van der Waals surface area contributed by atoms with E-state index in [0.29, 0.717) is 6.61 Å². The van der Waals surface area contributed by atoms with Crippen molar-refractivity contribution in [3.05, 3.63) is 0 Å². The quantitative estimate of drug-likeness (QED) is 0.635. The molecule has 0 radical (unpaired) electrons. The molecule has 1 N–H and O–H groups in total. The fourth-order valence-corrected chi connectivity index (χ4v) is 1.36. The van der Waals surface area contributed by atoms with E-state index >= 15 is 0 Å². The summed E-state index contributed by atoms with van der Waals surface area (Å²) in [4.78, 5) is 11.2. The highest BCUT2D eigenvalue weighted by Gasteiger charge is 2.19. The van der Waals surface area contributed by atoms with Crippen molar-refractivity contribution >= 4 is 5.91 Å². The lowest BCUT2D eigenvalue weighted by Gasteiger charge is -2.10. The van der Waals surface area contributed by atoms with Crippen molar-refractivity contribution in [1.82, 2.24) is 5.32 Å². The first-order valence-corrected chi connectivity index (χ1v) is 4.11. The largest absolute Gasteiger partial charge is 0.384 e. The minimum absolute atomic E-state index is 0.0856. The monoisotopic (exact) mass is 157 g/mol. The number of rotatable bonds is 2. The summed E-state index contributed by atoms with van der Waals surface area (Å²) >= 11 is 0. The molecule has 0 spiro atoms. The van der Waals surface area contributed by atoms with Crippen molar-refractivity contribution in [2.24, 2.45) is 5.92 Å². The molecule has 1 fully saturated rings. The van der Waals surface area contributed by atoms with Gasteiger partial charge in [0.05, 0.1) is 12.5 Å². The third kappa shape index (κ3) is 2.50. The second-order valence-electron chi connectivity index (χ2n) is 2.94. The summed E-state index contributed by atoms with van der Waals surface area (Å²) < 4.78 is 4.95. The predicted octanol–water partition coefficient (Wildman–Crippen LogP) is 0.549. The van der Waals surface area contributed by atoms with E-state index in [0.717, 1.165) is 25.8 Å². The van der Waals surface area contributed by atoms with Crippen molar-refractivity contribution in [2.75, 3.05) is 20.3 Å². The summed E-state index contributed by atoms with van der Waals surface area (Å²) in [5.74, 6) is 0.242. The van der Waals surface area contributed by atoms with Gasteiger partial charge in [-0.25, -0.2) is 0 Å². The molecule has 0 aromatic heterocycles. The number of ether oxygens (including phenoxy) is 1. The number of carbonyl (C=O) groups excluding carboxylic acids is 1. The topological polar surface area (TPSA) is 38.3 Å². The minimum Gasteiger partial charge on any atom is -0.384 e. The Morgan fingerprint density at radius 3 is 3.18 bits per heavy atom. The lowest BCUT2D eigenvalue weighted by atomic mass is 10.0. The Morgan fingerprint density at radius 2 is 2.45 bits per heavy atom. The van der Waals surface area contributed by atoms with Gasteiger partial charge in [-0.1, -0.05) is 6.42 Å². The predicted molar refractivity (Wildman–Crippen MR) is 42.2 cm³/mol. The van der Waals surface area contributed by atoms with Gasteiger partial charge in [0.2, 0.25) is 5.91 Å². The first kappa shape index (κ1) is 8.53. The molecule has 1 rings (SSSR count). The Labute approximate surface area is 67.1 Å². The molecule has 1 aliphatic heterocycles. The molecule has 0 aromatic rings. The number of nitrogens with one attached hydrogen (secondary N) is 1. The Balaban J connectivity index is 2.39. The fraction of sp³-hybridized carbons (Fsp3) is 0.875. The van der Waals surface area contributed by atoms with Gasteiger partial charge in [-0.3, -0.25) is 4.79 Å². The molecule has 3 heteroatoms. The zero-order valence-corrected chi connectivity index (χ0v) is 6.93. The van der Waals surface area contributed by atoms with Crippen LogP contribution in [0.1, 0.15) is 19.3 Å². The smallest absolute Gasteiger partial charge is 0.225 e. The van der Waals surface area contributed by atoms with Crippen molar-refractivity contribution < 1.29 is 9.53 Å². The third-order valence-corrected chi connectivity index (χ3v) is 2.02. The highest BCUT2D eigenvalue weighted by molar-refractivity contribution is 5.78. The molecule has 0 aliphatic carbocycles. The summed E-state index contributed by atoms with van der Waals surface area (Å²) in [5.41, 5.74) is 0. The number of amides is 1. The summed E-state index contributed by atoms with van der Waals surface area (Å²) in [5, 5.41) is 2.86. The SMILES string of the molecule is COC[C@@H]1CCCCNC1=O. The molecule has 64 valence electrons. The van der Waals surface area contributed by atoms with Crippen LogP contribution in [0.2, 0.25) is 0 Å². The Morgan fingerprint density at radius 1 is 1.64 bits per heavy atom. The number of hydrogen-bond donors (Lipinski definition) is 1. The molecule has 1 atom stereocenters. The molecule has 0 aromatic carbocycles. The second kappa shape index (κ2) is 4.34. The molecule has 1 amide bonds. The van der Waals surface area contributed by atoms with E-state index in [1.165, 1.54) is 0 Å². The minimum atomic E-state index is 0.0856. The summed E-state index contributed by atoms with van der Waals surface area (Å²) in [6.45, 7) is 1.39. The molecule has 1 heterocycles.